The zero-order chi connectivity index (χ0) is 9.26. The summed E-state index contributed by atoms with van der Waals surface area (Å²) in [7, 11) is 0. The Morgan fingerprint density at radius 2 is 2.38 bits per heavy atom. The third-order valence-electron chi connectivity index (χ3n) is 1.82. The van der Waals surface area contributed by atoms with Gasteiger partial charge in [0.05, 0.1) is 0 Å². The van der Waals surface area contributed by atoms with Crippen LogP contribution in [0, 0.1) is 12.3 Å². The van der Waals surface area contributed by atoms with Crippen LogP contribution in [0.2, 0.25) is 0 Å². The lowest BCUT2D eigenvalue weighted by atomic mass is 10.1. The van der Waals surface area contributed by atoms with E-state index in [0.29, 0.717) is 16.5 Å². The van der Waals surface area contributed by atoms with E-state index in [9.17, 15) is 4.79 Å². The van der Waals surface area contributed by atoms with Gasteiger partial charge >= 0.3 is 0 Å². The number of aromatic nitrogens is 2. The summed E-state index contributed by atoms with van der Waals surface area (Å²) >= 11 is 0. The molecular weight excluding hydrogens is 164 g/mol. The van der Waals surface area contributed by atoms with Crippen molar-refractivity contribution in [3.8, 4) is 12.3 Å². The maximum absolute atomic E-state index is 11.3. The second kappa shape index (κ2) is 2.76. The number of fused-ring (bicyclic) bond motifs is 1. The third kappa shape index (κ3) is 1.09. The summed E-state index contributed by atoms with van der Waals surface area (Å²) in [5.41, 5.74) is 0.829. The molecule has 0 fully saturated rings. The first-order valence-electron chi connectivity index (χ1n) is 3.76. The van der Waals surface area contributed by atoms with Crippen molar-refractivity contribution in [2.24, 2.45) is 0 Å². The van der Waals surface area contributed by atoms with Crippen LogP contribution in [0.25, 0.3) is 10.9 Å². The molecule has 0 unspecified atom stereocenters. The molecule has 3 heteroatoms. The van der Waals surface area contributed by atoms with E-state index in [2.05, 4.69) is 15.9 Å². The fraction of sp³-hybridized carbons (Fsp3) is 0. The van der Waals surface area contributed by atoms with Crippen molar-refractivity contribution in [3.63, 3.8) is 0 Å². The Bertz CT molecular complexity index is 549. The van der Waals surface area contributed by atoms with Gasteiger partial charge in [-0.05, 0) is 12.1 Å². The van der Waals surface area contributed by atoms with Crippen molar-refractivity contribution >= 4 is 10.9 Å². The molecule has 62 valence electrons. The fourth-order valence-electron chi connectivity index (χ4n) is 1.21. The van der Waals surface area contributed by atoms with Crippen LogP contribution in [0.1, 0.15) is 5.56 Å². The lowest BCUT2D eigenvalue weighted by Crippen LogP contribution is -2.07. The summed E-state index contributed by atoms with van der Waals surface area (Å²) in [6.45, 7) is 0. The molecule has 1 N–H and O–H groups in total. The summed E-state index contributed by atoms with van der Waals surface area (Å²) in [5.74, 6) is 2.49. The number of H-pyrrole nitrogens is 1. The van der Waals surface area contributed by atoms with Crippen molar-refractivity contribution in [1.29, 1.82) is 0 Å². The standard InChI is InChI=1S/C10H6N2O/c1-2-7-6-12-10(13)9-8(7)4-3-5-11-9/h1,3-6H,(H,12,13). The predicted octanol–water partition coefficient (Wildman–Crippen LogP) is 0.904. The van der Waals surface area contributed by atoms with Gasteiger partial charge in [-0.3, -0.25) is 9.78 Å². The minimum absolute atomic E-state index is 0.213. The minimum Gasteiger partial charge on any atom is -0.326 e. The maximum atomic E-state index is 11.3. The smallest absolute Gasteiger partial charge is 0.274 e. The zero-order valence-electron chi connectivity index (χ0n) is 6.74. The summed E-state index contributed by atoms with van der Waals surface area (Å²) in [5, 5.41) is 0.716. The van der Waals surface area contributed by atoms with Crippen LogP contribution in [0.3, 0.4) is 0 Å². The number of nitrogens with zero attached hydrogens (tertiary/aromatic N) is 1. The Labute approximate surface area is 74.4 Å². The van der Waals surface area contributed by atoms with Crippen LogP contribution in [-0.2, 0) is 0 Å². The molecule has 0 aliphatic carbocycles. The number of hydrogen-bond acceptors (Lipinski definition) is 2. The fourth-order valence-corrected chi connectivity index (χ4v) is 1.21. The van der Waals surface area contributed by atoms with Crippen LogP contribution in [0.4, 0.5) is 0 Å². The molecule has 13 heavy (non-hydrogen) atoms. The third-order valence-corrected chi connectivity index (χ3v) is 1.82. The van der Waals surface area contributed by atoms with E-state index in [1.54, 1.807) is 18.3 Å². The van der Waals surface area contributed by atoms with Crippen molar-refractivity contribution in [1.82, 2.24) is 9.97 Å². The second-order valence-electron chi connectivity index (χ2n) is 2.58. The highest BCUT2D eigenvalue weighted by atomic mass is 16.1. The van der Waals surface area contributed by atoms with Crippen molar-refractivity contribution in [2.45, 2.75) is 0 Å². The monoisotopic (exact) mass is 170 g/mol. The second-order valence-corrected chi connectivity index (χ2v) is 2.58. The number of rotatable bonds is 0. The molecule has 2 heterocycles. The molecule has 0 radical (unpaired) electrons. The number of pyridine rings is 2. The topological polar surface area (TPSA) is 45.8 Å². The van der Waals surface area contributed by atoms with Gasteiger partial charge in [-0.1, -0.05) is 5.92 Å². The van der Waals surface area contributed by atoms with Crippen LogP contribution in [0.5, 0.6) is 0 Å². The van der Waals surface area contributed by atoms with Gasteiger partial charge in [-0.2, -0.15) is 0 Å². The van der Waals surface area contributed by atoms with Gasteiger partial charge in [-0.25, -0.2) is 0 Å². The molecule has 0 atom stereocenters. The average Bonchev–Trinajstić information content (AvgIpc) is 2.19. The molecule has 0 amide bonds. The van der Waals surface area contributed by atoms with E-state index in [-0.39, 0.29) is 5.56 Å². The maximum Gasteiger partial charge on any atom is 0.274 e. The molecule has 0 bridgehead atoms. The molecule has 0 saturated carbocycles. The van der Waals surface area contributed by atoms with Crippen molar-refractivity contribution in [3.05, 3.63) is 40.4 Å². The lowest BCUT2D eigenvalue weighted by molar-refractivity contribution is 1.23. The quantitative estimate of drug-likeness (QED) is 0.597. The zero-order valence-corrected chi connectivity index (χ0v) is 6.74. The molecule has 2 aromatic rings. The summed E-state index contributed by atoms with van der Waals surface area (Å²) < 4.78 is 0. The first kappa shape index (κ1) is 7.56. The summed E-state index contributed by atoms with van der Waals surface area (Å²) in [6, 6.07) is 3.54. The van der Waals surface area contributed by atoms with E-state index in [1.807, 2.05) is 0 Å². The Kier molecular flexibility index (Phi) is 1.60. The Morgan fingerprint density at radius 3 is 3.15 bits per heavy atom. The molecule has 0 aliphatic rings. The number of hydrogen-bond donors (Lipinski definition) is 1. The van der Waals surface area contributed by atoms with Gasteiger partial charge in [0, 0.05) is 23.3 Å². The first-order valence-corrected chi connectivity index (χ1v) is 3.76. The van der Waals surface area contributed by atoms with Crippen molar-refractivity contribution in [2.75, 3.05) is 0 Å². The van der Waals surface area contributed by atoms with E-state index >= 15 is 0 Å². The minimum atomic E-state index is -0.213. The normalized spacial score (nSPS) is 9.77. The molecule has 0 saturated heterocycles. The molecular formula is C10H6N2O. The Morgan fingerprint density at radius 1 is 1.54 bits per heavy atom. The molecule has 0 aromatic carbocycles. The van der Waals surface area contributed by atoms with Gasteiger partial charge in [0.15, 0.2) is 0 Å². The van der Waals surface area contributed by atoms with Crippen LogP contribution in [0.15, 0.2) is 29.3 Å². The largest absolute Gasteiger partial charge is 0.326 e. The van der Waals surface area contributed by atoms with E-state index < -0.39 is 0 Å². The predicted molar refractivity (Wildman–Crippen MR) is 50.3 cm³/mol. The number of nitrogens with one attached hydrogen (secondary N) is 1. The highest BCUT2D eigenvalue weighted by molar-refractivity contribution is 5.83. The van der Waals surface area contributed by atoms with Gasteiger partial charge in [0.1, 0.15) is 5.52 Å². The van der Waals surface area contributed by atoms with Crippen LogP contribution >= 0.6 is 0 Å². The van der Waals surface area contributed by atoms with Crippen LogP contribution in [-0.4, -0.2) is 9.97 Å². The van der Waals surface area contributed by atoms with Gasteiger partial charge < -0.3 is 4.98 Å². The summed E-state index contributed by atoms with van der Waals surface area (Å²) in [6.07, 6.45) is 8.35. The van der Waals surface area contributed by atoms with E-state index in [1.165, 1.54) is 6.20 Å². The SMILES string of the molecule is C#Cc1c[nH]c(=O)c2ncccc12. The molecule has 3 nitrogen and oxygen atoms in total. The Hall–Kier alpha value is -2.08. The van der Waals surface area contributed by atoms with E-state index in [4.69, 9.17) is 6.42 Å². The van der Waals surface area contributed by atoms with Gasteiger partial charge in [-0.15, -0.1) is 6.42 Å². The van der Waals surface area contributed by atoms with Gasteiger partial charge in [0.25, 0.3) is 5.56 Å². The highest BCUT2D eigenvalue weighted by Crippen LogP contribution is 2.09. The van der Waals surface area contributed by atoms with E-state index in [0.717, 1.165) is 0 Å². The molecule has 2 aromatic heterocycles. The van der Waals surface area contributed by atoms with Gasteiger partial charge in [0.2, 0.25) is 0 Å². The first-order chi connectivity index (χ1) is 6.33. The van der Waals surface area contributed by atoms with Crippen LogP contribution < -0.4 is 5.56 Å². The number of aromatic amines is 1. The average molecular weight is 170 g/mol. The summed E-state index contributed by atoms with van der Waals surface area (Å²) in [4.78, 5) is 17.7. The lowest BCUT2D eigenvalue weighted by Gasteiger charge is -1.97. The highest BCUT2D eigenvalue weighted by Gasteiger charge is 2.01. The Balaban J connectivity index is 3.04. The van der Waals surface area contributed by atoms with Crippen molar-refractivity contribution < 1.29 is 0 Å². The molecule has 2 rings (SSSR count). The number of terminal acetylenes is 1. The molecule has 0 aliphatic heterocycles. The molecule has 0 spiro atoms.